The van der Waals surface area contributed by atoms with Crippen LogP contribution in [0, 0.1) is 11.8 Å². The lowest BCUT2D eigenvalue weighted by Crippen LogP contribution is -2.31. The zero-order chi connectivity index (χ0) is 7.90. The summed E-state index contributed by atoms with van der Waals surface area (Å²) in [6.07, 6.45) is 8.27. The molecule has 0 bridgehead atoms. The van der Waals surface area contributed by atoms with Gasteiger partial charge in [0, 0.05) is 5.54 Å². The van der Waals surface area contributed by atoms with Gasteiger partial charge in [-0.25, -0.2) is 0 Å². The first kappa shape index (κ1) is 7.60. The molecule has 2 aliphatic rings. The number of rotatable bonds is 2. The van der Waals surface area contributed by atoms with Crippen molar-refractivity contribution >= 4 is 0 Å². The summed E-state index contributed by atoms with van der Waals surface area (Å²) in [5, 5.41) is 0. The summed E-state index contributed by atoms with van der Waals surface area (Å²) < 4.78 is 0. The summed E-state index contributed by atoms with van der Waals surface area (Å²) in [6.45, 7) is 2.28. The van der Waals surface area contributed by atoms with E-state index in [1.54, 1.807) is 0 Å². The fourth-order valence-electron chi connectivity index (χ4n) is 2.77. The lowest BCUT2D eigenvalue weighted by molar-refractivity contribution is 0.296. The lowest BCUT2D eigenvalue weighted by atomic mass is 9.83. The topological polar surface area (TPSA) is 26.0 Å². The van der Waals surface area contributed by atoms with Crippen molar-refractivity contribution in [2.75, 3.05) is 0 Å². The van der Waals surface area contributed by atoms with Crippen LogP contribution in [0.3, 0.4) is 0 Å². The average Bonchev–Trinajstić information content (AvgIpc) is 2.60. The Kier molecular flexibility index (Phi) is 1.71. The van der Waals surface area contributed by atoms with Crippen molar-refractivity contribution in [3.63, 3.8) is 0 Å². The molecule has 0 heterocycles. The van der Waals surface area contributed by atoms with Crippen molar-refractivity contribution in [1.82, 2.24) is 0 Å². The minimum Gasteiger partial charge on any atom is -0.325 e. The van der Waals surface area contributed by atoms with Crippen LogP contribution in [0.5, 0.6) is 0 Å². The second kappa shape index (κ2) is 2.48. The highest BCUT2D eigenvalue weighted by Crippen LogP contribution is 2.53. The molecule has 0 saturated heterocycles. The van der Waals surface area contributed by atoms with Crippen LogP contribution in [-0.4, -0.2) is 5.54 Å². The van der Waals surface area contributed by atoms with Crippen LogP contribution in [0.25, 0.3) is 0 Å². The van der Waals surface area contributed by atoms with Crippen LogP contribution in [0.4, 0.5) is 0 Å². The molecule has 2 N–H and O–H groups in total. The van der Waals surface area contributed by atoms with Gasteiger partial charge in [0.05, 0.1) is 0 Å². The quantitative estimate of drug-likeness (QED) is 0.647. The van der Waals surface area contributed by atoms with E-state index in [4.69, 9.17) is 5.73 Å². The Bertz CT molecular complexity index is 155. The van der Waals surface area contributed by atoms with E-state index in [1.165, 1.54) is 38.5 Å². The van der Waals surface area contributed by atoms with Gasteiger partial charge in [0.25, 0.3) is 0 Å². The van der Waals surface area contributed by atoms with E-state index in [0.29, 0.717) is 5.54 Å². The molecule has 3 atom stereocenters. The van der Waals surface area contributed by atoms with Crippen molar-refractivity contribution in [1.29, 1.82) is 0 Å². The Morgan fingerprint density at radius 1 is 1.36 bits per heavy atom. The largest absolute Gasteiger partial charge is 0.325 e. The van der Waals surface area contributed by atoms with Gasteiger partial charge in [-0.2, -0.15) is 0 Å². The standard InChI is InChI=1S/C10H19N/c1-2-3-8-4-5-9-7-10(9,11)6-8/h8-9H,2-7,11H2,1H3. The highest BCUT2D eigenvalue weighted by atomic mass is 14.9. The van der Waals surface area contributed by atoms with Gasteiger partial charge in [-0.05, 0) is 31.1 Å². The van der Waals surface area contributed by atoms with Crippen molar-refractivity contribution < 1.29 is 0 Å². The number of fused-ring (bicyclic) bond motifs is 1. The summed E-state index contributed by atoms with van der Waals surface area (Å²) in [4.78, 5) is 0. The van der Waals surface area contributed by atoms with E-state index in [2.05, 4.69) is 6.92 Å². The zero-order valence-corrected chi connectivity index (χ0v) is 7.47. The first-order valence-corrected chi connectivity index (χ1v) is 5.03. The minimum atomic E-state index is 0.318. The minimum absolute atomic E-state index is 0.318. The molecular formula is C10H19N. The summed E-state index contributed by atoms with van der Waals surface area (Å²) in [6, 6.07) is 0. The van der Waals surface area contributed by atoms with Gasteiger partial charge >= 0.3 is 0 Å². The van der Waals surface area contributed by atoms with E-state index in [9.17, 15) is 0 Å². The SMILES string of the molecule is CCCC1CCC2CC2(N)C1. The van der Waals surface area contributed by atoms with Gasteiger partial charge in [-0.1, -0.05) is 26.2 Å². The molecule has 0 aromatic rings. The number of nitrogens with two attached hydrogens (primary N) is 1. The highest BCUT2D eigenvalue weighted by molar-refractivity contribution is 5.10. The predicted molar refractivity (Wildman–Crippen MR) is 47.3 cm³/mol. The maximum absolute atomic E-state index is 6.17. The van der Waals surface area contributed by atoms with Gasteiger partial charge in [-0.3, -0.25) is 0 Å². The van der Waals surface area contributed by atoms with Crippen LogP contribution in [-0.2, 0) is 0 Å². The summed E-state index contributed by atoms with van der Waals surface area (Å²) in [7, 11) is 0. The van der Waals surface area contributed by atoms with Crippen LogP contribution < -0.4 is 5.73 Å². The predicted octanol–water partition coefficient (Wildman–Crippen LogP) is 2.30. The summed E-state index contributed by atoms with van der Waals surface area (Å²) >= 11 is 0. The van der Waals surface area contributed by atoms with E-state index < -0.39 is 0 Å². The molecule has 2 fully saturated rings. The number of hydrogen-bond donors (Lipinski definition) is 1. The lowest BCUT2D eigenvalue weighted by Gasteiger charge is -2.25. The third-order valence-corrected chi connectivity index (χ3v) is 3.57. The van der Waals surface area contributed by atoms with Crippen LogP contribution >= 0.6 is 0 Å². The van der Waals surface area contributed by atoms with Crippen molar-refractivity contribution in [2.24, 2.45) is 17.6 Å². The second-order valence-corrected chi connectivity index (χ2v) is 4.57. The van der Waals surface area contributed by atoms with Crippen molar-refractivity contribution in [2.45, 2.75) is 51.0 Å². The Labute approximate surface area is 69.4 Å². The smallest absolute Gasteiger partial charge is 0.0189 e. The third kappa shape index (κ3) is 1.31. The third-order valence-electron chi connectivity index (χ3n) is 3.57. The van der Waals surface area contributed by atoms with E-state index >= 15 is 0 Å². The fourth-order valence-corrected chi connectivity index (χ4v) is 2.77. The van der Waals surface area contributed by atoms with Crippen LogP contribution in [0.2, 0.25) is 0 Å². The van der Waals surface area contributed by atoms with Crippen LogP contribution in [0.15, 0.2) is 0 Å². The first-order chi connectivity index (χ1) is 5.24. The molecule has 11 heavy (non-hydrogen) atoms. The molecule has 3 unspecified atom stereocenters. The zero-order valence-electron chi connectivity index (χ0n) is 7.47. The maximum Gasteiger partial charge on any atom is 0.0189 e. The average molecular weight is 153 g/mol. The van der Waals surface area contributed by atoms with Gasteiger partial charge in [-0.15, -0.1) is 0 Å². The maximum atomic E-state index is 6.17. The Morgan fingerprint density at radius 3 is 2.82 bits per heavy atom. The first-order valence-electron chi connectivity index (χ1n) is 5.03. The molecule has 64 valence electrons. The molecule has 2 saturated carbocycles. The molecule has 0 aromatic carbocycles. The molecule has 2 aliphatic carbocycles. The molecule has 0 amide bonds. The monoisotopic (exact) mass is 153 g/mol. The van der Waals surface area contributed by atoms with E-state index in [-0.39, 0.29) is 0 Å². The van der Waals surface area contributed by atoms with Gasteiger partial charge in [0.2, 0.25) is 0 Å². The van der Waals surface area contributed by atoms with Gasteiger partial charge in [0.15, 0.2) is 0 Å². The Balaban J connectivity index is 1.87. The molecule has 0 spiro atoms. The molecule has 0 aromatic heterocycles. The summed E-state index contributed by atoms with van der Waals surface area (Å²) in [5.41, 5.74) is 6.49. The van der Waals surface area contributed by atoms with E-state index in [1.807, 2.05) is 0 Å². The fraction of sp³-hybridized carbons (Fsp3) is 1.00. The molecule has 1 nitrogen and oxygen atoms in total. The molecule has 0 aliphatic heterocycles. The normalized spacial score (nSPS) is 48.5. The summed E-state index contributed by atoms with van der Waals surface area (Å²) in [5.74, 6) is 1.87. The molecule has 0 radical (unpaired) electrons. The van der Waals surface area contributed by atoms with Gasteiger partial charge in [0.1, 0.15) is 0 Å². The number of hydrogen-bond acceptors (Lipinski definition) is 1. The second-order valence-electron chi connectivity index (χ2n) is 4.57. The Morgan fingerprint density at radius 2 is 2.18 bits per heavy atom. The Hall–Kier alpha value is -0.0400. The van der Waals surface area contributed by atoms with Crippen LogP contribution in [0.1, 0.15) is 45.4 Å². The van der Waals surface area contributed by atoms with E-state index in [0.717, 1.165) is 11.8 Å². The van der Waals surface area contributed by atoms with Crippen molar-refractivity contribution in [3.05, 3.63) is 0 Å². The van der Waals surface area contributed by atoms with Crippen molar-refractivity contribution in [3.8, 4) is 0 Å². The highest BCUT2D eigenvalue weighted by Gasteiger charge is 2.53. The van der Waals surface area contributed by atoms with Gasteiger partial charge < -0.3 is 5.73 Å². The molecular weight excluding hydrogens is 134 g/mol. The molecule has 2 rings (SSSR count). The molecule has 1 heteroatoms.